The van der Waals surface area contributed by atoms with E-state index >= 15 is 0 Å². The largest absolute Gasteiger partial charge is 0.329 e. The van der Waals surface area contributed by atoms with Crippen molar-refractivity contribution < 1.29 is 0 Å². The highest BCUT2D eigenvalue weighted by atomic mass is 35.5. The van der Waals surface area contributed by atoms with Crippen molar-refractivity contribution in [2.24, 2.45) is 0 Å². The minimum atomic E-state index is -0.599. The third kappa shape index (κ3) is 2.25. The van der Waals surface area contributed by atoms with Gasteiger partial charge in [-0.3, -0.25) is 19.1 Å². The molecule has 0 amide bonds. The van der Waals surface area contributed by atoms with E-state index in [-0.39, 0.29) is 22.1 Å². The lowest BCUT2D eigenvalue weighted by atomic mass is 10.3. The smallest absolute Gasteiger partial charge is 0.315 e. The Kier molecular flexibility index (Phi) is 3.03. The van der Waals surface area contributed by atoms with Gasteiger partial charge < -0.3 is 4.98 Å². The van der Waals surface area contributed by atoms with E-state index in [0.717, 1.165) is 15.9 Å². The van der Waals surface area contributed by atoms with Gasteiger partial charge in [-0.1, -0.05) is 22.9 Å². The van der Waals surface area contributed by atoms with E-state index in [9.17, 15) is 14.4 Å². The van der Waals surface area contributed by atoms with E-state index < -0.39 is 11.2 Å². The molecule has 0 aromatic carbocycles. The molecule has 0 bridgehead atoms. The average Bonchev–Trinajstić information content (AvgIpc) is 2.67. The summed E-state index contributed by atoms with van der Waals surface area (Å²) in [5.41, 5.74) is -0.290. The Morgan fingerprint density at radius 1 is 1.35 bits per heavy atom. The number of hydrogen-bond donors (Lipinski definition) is 2. The van der Waals surface area contributed by atoms with Crippen LogP contribution >= 0.6 is 22.9 Å². The monoisotopic (exact) mass is 273 g/mol. The maximum absolute atomic E-state index is 11.8. The summed E-state index contributed by atoms with van der Waals surface area (Å²) < 4.78 is 0.985. The van der Waals surface area contributed by atoms with Crippen molar-refractivity contribution in [2.45, 2.75) is 13.5 Å². The Morgan fingerprint density at radius 2 is 2.06 bits per heavy atom. The summed E-state index contributed by atoms with van der Waals surface area (Å²) in [6.45, 7) is 1.54. The number of nitrogens with one attached hydrogen (secondary N) is 2. The fourth-order valence-electron chi connectivity index (χ4n) is 1.35. The summed E-state index contributed by atoms with van der Waals surface area (Å²) in [5, 5.41) is 1.60. The highest BCUT2D eigenvalue weighted by molar-refractivity contribution is 7.07. The van der Waals surface area contributed by atoms with E-state index in [4.69, 9.17) is 11.6 Å². The lowest BCUT2D eigenvalue weighted by molar-refractivity contribution is 0.680. The van der Waals surface area contributed by atoms with Crippen LogP contribution in [0.3, 0.4) is 0 Å². The van der Waals surface area contributed by atoms with Crippen molar-refractivity contribution in [2.75, 3.05) is 0 Å². The van der Waals surface area contributed by atoms with Crippen molar-refractivity contribution in [3.8, 4) is 0 Å². The molecule has 2 heterocycles. The molecular weight excluding hydrogens is 266 g/mol. The van der Waals surface area contributed by atoms with Crippen LogP contribution in [-0.2, 0) is 6.54 Å². The first-order valence-corrected chi connectivity index (χ1v) is 5.90. The summed E-state index contributed by atoms with van der Waals surface area (Å²) in [7, 11) is 0. The van der Waals surface area contributed by atoms with Crippen molar-refractivity contribution in [3.05, 3.63) is 52.3 Å². The minimum absolute atomic E-state index is 0.0188. The lowest BCUT2D eigenvalue weighted by Crippen LogP contribution is -2.37. The zero-order valence-electron chi connectivity index (χ0n) is 8.74. The minimum Gasteiger partial charge on any atom is -0.315 e. The molecule has 0 aliphatic carbocycles. The number of halogens is 1. The molecule has 0 spiro atoms. The molecule has 0 fully saturated rings. The second-order valence-electron chi connectivity index (χ2n) is 3.43. The lowest BCUT2D eigenvalue weighted by Gasteiger charge is -2.04. The van der Waals surface area contributed by atoms with Crippen LogP contribution in [0.25, 0.3) is 0 Å². The molecule has 0 saturated carbocycles. The number of nitrogens with zero attached hydrogens (tertiary/aromatic N) is 1. The van der Waals surface area contributed by atoms with Crippen LogP contribution in [0.15, 0.2) is 19.8 Å². The molecule has 0 aliphatic rings. The fraction of sp³-hybridized carbons (Fsp3) is 0.222. The summed E-state index contributed by atoms with van der Waals surface area (Å²) in [4.78, 5) is 39.0. The number of hydrogen-bond acceptors (Lipinski definition) is 4. The van der Waals surface area contributed by atoms with Crippen molar-refractivity contribution in [1.29, 1.82) is 0 Å². The number of aromatic amines is 2. The van der Waals surface area contributed by atoms with Gasteiger partial charge in [-0.2, -0.15) is 0 Å². The van der Waals surface area contributed by atoms with Gasteiger partial charge in [0.1, 0.15) is 5.15 Å². The molecule has 17 heavy (non-hydrogen) atoms. The molecule has 2 aromatic heterocycles. The molecule has 2 N–H and O–H groups in total. The number of H-pyrrole nitrogens is 2. The van der Waals surface area contributed by atoms with Gasteiger partial charge in [0.25, 0.3) is 5.56 Å². The maximum atomic E-state index is 11.8. The predicted octanol–water partition coefficient (Wildman–Crippen LogP) is 0.297. The second-order valence-corrected chi connectivity index (χ2v) is 4.65. The van der Waals surface area contributed by atoms with Gasteiger partial charge in [-0.25, -0.2) is 4.79 Å². The topological polar surface area (TPSA) is 87.7 Å². The Labute approximate surface area is 104 Å². The Hall–Kier alpha value is -1.60. The molecule has 0 aliphatic heterocycles. The molecule has 2 rings (SSSR count). The van der Waals surface area contributed by atoms with Gasteiger partial charge in [-0.15, -0.1) is 0 Å². The highest BCUT2D eigenvalue weighted by Gasteiger charge is 2.09. The Morgan fingerprint density at radius 3 is 2.65 bits per heavy atom. The quantitative estimate of drug-likeness (QED) is 0.771. The van der Waals surface area contributed by atoms with Gasteiger partial charge in [0.15, 0.2) is 0 Å². The normalized spacial score (nSPS) is 10.7. The van der Waals surface area contributed by atoms with Crippen LogP contribution in [0.1, 0.15) is 11.3 Å². The zero-order valence-corrected chi connectivity index (χ0v) is 10.3. The fourth-order valence-corrected chi connectivity index (χ4v) is 2.08. The zero-order chi connectivity index (χ0) is 12.6. The van der Waals surface area contributed by atoms with Gasteiger partial charge in [0, 0.05) is 16.6 Å². The van der Waals surface area contributed by atoms with Crippen LogP contribution in [0.4, 0.5) is 0 Å². The standard InChI is InChI=1S/C9H8ClN3O3S/c1-4-6(10)12-8(15)13(7(4)14)2-5-3-17-9(16)11-5/h3H,2H2,1H3,(H,11,16)(H,12,15). The van der Waals surface area contributed by atoms with Crippen molar-refractivity contribution in [1.82, 2.24) is 14.5 Å². The molecular formula is C9H8ClN3O3S. The van der Waals surface area contributed by atoms with E-state index in [1.54, 1.807) is 5.38 Å². The van der Waals surface area contributed by atoms with E-state index in [2.05, 4.69) is 9.97 Å². The van der Waals surface area contributed by atoms with E-state index in [0.29, 0.717) is 5.69 Å². The molecule has 8 heteroatoms. The first-order chi connectivity index (χ1) is 7.99. The molecule has 0 radical (unpaired) electrons. The molecule has 0 atom stereocenters. The number of aromatic nitrogens is 3. The summed E-state index contributed by atoms with van der Waals surface area (Å²) in [6, 6.07) is 0. The third-order valence-corrected chi connectivity index (χ3v) is 3.35. The van der Waals surface area contributed by atoms with Crippen molar-refractivity contribution >= 4 is 22.9 Å². The first-order valence-electron chi connectivity index (χ1n) is 4.65. The Bertz CT molecular complexity index is 724. The molecule has 2 aromatic rings. The van der Waals surface area contributed by atoms with E-state index in [1.807, 2.05) is 0 Å². The van der Waals surface area contributed by atoms with Gasteiger partial charge in [-0.05, 0) is 6.92 Å². The molecule has 0 saturated heterocycles. The van der Waals surface area contributed by atoms with Crippen LogP contribution in [0.2, 0.25) is 5.15 Å². The Balaban J connectivity index is 2.54. The van der Waals surface area contributed by atoms with Crippen molar-refractivity contribution in [3.63, 3.8) is 0 Å². The van der Waals surface area contributed by atoms with Crippen LogP contribution in [0, 0.1) is 6.92 Å². The highest BCUT2D eigenvalue weighted by Crippen LogP contribution is 2.03. The van der Waals surface area contributed by atoms with Crippen LogP contribution in [0.5, 0.6) is 0 Å². The summed E-state index contributed by atoms with van der Waals surface area (Å²) in [6.07, 6.45) is 0. The van der Waals surface area contributed by atoms with Gasteiger partial charge in [0.2, 0.25) is 0 Å². The number of thiazole rings is 1. The maximum Gasteiger partial charge on any atom is 0.329 e. The van der Waals surface area contributed by atoms with Gasteiger partial charge in [0.05, 0.1) is 6.54 Å². The van der Waals surface area contributed by atoms with Crippen LogP contribution < -0.4 is 16.1 Å². The molecule has 90 valence electrons. The van der Waals surface area contributed by atoms with Crippen LogP contribution in [-0.4, -0.2) is 14.5 Å². The molecule has 6 nitrogen and oxygen atoms in total. The average molecular weight is 274 g/mol. The first kappa shape index (κ1) is 11.9. The van der Waals surface area contributed by atoms with Gasteiger partial charge >= 0.3 is 10.6 Å². The van der Waals surface area contributed by atoms with E-state index in [1.165, 1.54) is 6.92 Å². The number of rotatable bonds is 2. The predicted molar refractivity (Wildman–Crippen MR) is 65.1 cm³/mol. The summed E-state index contributed by atoms with van der Waals surface area (Å²) in [5.74, 6) is 0. The third-order valence-electron chi connectivity index (χ3n) is 2.26. The summed E-state index contributed by atoms with van der Waals surface area (Å²) >= 11 is 6.65. The second kappa shape index (κ2) is 4.34. The molecule has 0 unspecified atom stereocenters. The SMILES string of the molecule is Cc1c(Cl)[nH]c(=O)n(Cc2csc(=O)[nH]2)c1=O.